The van der Waals surface area contributed by atoms with E-state index in [1.807, 2.05) is 0 Å². The summed E-state index contributed by atoms with van der Waals surface area (Å²) in [6.45, 7) is 3.08. The summed E-state index contributed by atoms with van der Waals surface area (Å²) in [5.74, 6) is -0.726. The summed E-state index contributed by atoms with van der Waals surface area (Å²) < 4.78 is 0. The number of carbonyl (C=O) groups is 2. The summed E-state index contributed by atoms with van der Waals surface area (Å²) in [6.07, 6.45) is 3.01. The summed E-state index contributed by atoms with van der Waals surface area (Å²) in [4.78, 5) is 24.3. The summed E-state index contributed by atoms with van der Waals surface area (Å²) in [5, 5.41) is 42.4. The molecule has 0 aliphatic heterocycles. The minimum atomic E-state index is -2.03. The first-order chi connectivity index (χ1) is 12.6. The molecule has 0 radical (unpaired) electrons. The molecular weight excluding hydrogens is 348 g/mol. The highest BCUT2D eigenvalue weighted by molar-refractivity contribution is 5.92. The first-order valence-corrected chi connectivity index (χ1v) is 10.1. The third-order valence-corrected chi connectivity index (χ3v) is 8.69. The van der Waals surface area contributed by atoms with E-state index in [9.17, 15) is 30.0 Å². The zero-order chi connectivity index (χ0) is 19.8. The Morgan fingerprint density at radius 1 is 1.26 bits per heavy atom. The van der Waals surface area contributed by atoms with Crippen molar-refractivity contribution >= 4 is 11.6 Å². The minimum absolute atomic E-state index is 0.0533. The van der Waals surface area contributed by atoms with Crippen molar-refractivity contribution in [3.05, 3.63) is 11.6 Å². The zero-order valence-electron chi connectivity index (χ0n) is 16.0. The SMILES string of the molecule is C[C@]12CCC(=O)C=C1CC[C@@H]1[C@@H]2[C@H](O)C[C@]2(C)[C@@H]1C[C@@H](O)[C@]2(O)C(=O)CO. The van der Waals surface area contributed by atoms with Crippen molar-refractivity contribution in [3.63, 3.8) is 0 Å². The van der Waals surface area contributed by atoms with Crippen LogP contribution in [0.15, 0.2) is 11.6 Å². The molecule has 0 heterocycles. The number of carbonyl (C=O) groups excluding carboxylic acids is 2. The Hall–Kier alpha value is -1.08. The topological polar surface area (TPSA) is 115 Å². The molecular formula is C21H30O6. The third-order valence-electron chi connectivity index (χ3n) is 8.69. The van der Waals surface area contributed by atoms with Crippen LogP contribution >= 0.6 is 0 Å². The Morgan fingerprint density at radius 2 is 1.96 bits per heavy atom. The third kappa shape index (κ3) is 2.27. The van der Waals surface area contributed by atoms with Crippen LogP contribution in [0, 0.1) is 28.6 Å². The average molecular weight is 378 g/mol. The number of hydrogen-bond acceptors (Lipinski definition) is 6. The molecule has 150 valence electrons. The van der Waals surface area contributed by atoms with Gasteiger partial charge in [0.15, 0.2) is 17.2 Å². The molecule has 0 spiro atoms. The second-order valence-electron chi connectivity index (χ2n) is 9.68. The van der Waals surface area contributed by atoms with Gasteiger partial charge in [-0.2, -0.15) is 0 Å². The summed E-state index contributed by atoms with van der Waals surface area (Å²) in [7, 11) is 0. The Bertz CT molecular complexity index is 715. The fourth-order valence-electron chi connectivity index (χ4n) is 7.32. The number of Topliss-reactive ketones (excluding diaryl/α,β-unsaturated/α-hetero) is 1. The standard InChI is InChI=1S/C21H30O6/c1-19-6-5-12(23)7-11(19)3-4-13-14-8-16(25)21(27,17(26)10-22)20(14,2)9-15(24)18(13)19/h7,13-16,18,22,24-25,27H,3-6,8-10H2,1-2H3/t13-,14+,15+,16+,18+,19-,20+,21-/m0/s1. The Morgan fingerprint density at radius 3 is 2.63 bits per heavy atom. The predicted octanol–water partition coefficient (Wildman–Crippen LogP) is 0.752. The number of rotatable bonds is 2. The lowest BCUT2D eigenvalue weighted by Crippen LogP contribution is -2.64. The summed E-state index contributed by atoms with van der Waals surface area (Å²) >= 11 is 0. The molecule has 4 aliphatic carbocycles. The maximum atomic E-state index is 12.4. The van der Waals surface area contributed by atoms with Crippen LogP contribution in [0.5, 0.6) is 0 Å². The maximum absolute atomic E-state index is 12.4. The molecule has 0 aromatic carbocycles. The number of aliphatic hydroxyl groups is 4. The quantitative estimate of drug-likeness (QED) is 0.564. The van der Waals surface area contributed by atoms with E-state index in [0.29, 0.717) is 19.3 Å². The van der Waals surface area contributed by atoms with Crippen molar-refractivity contribution in [2.75, 3.05) is 6.61 Å². The van der Waals surface area contributed by atoms with Gasteiger partial charge in [0.05, 0.1) is 12.2 Å². The highest BCUT2D eigenvalue weighted by Gasteiger charge is 2.71. The largest absolute Gasteiger partial charge is 0.393 e. The lowest BCUT2D eigenvalue weighted by atomic mass is 9.45. The van der Waals surface area contributed by atoms with E-state index < -0.39 is 35.6 Å². The van der Waals surface area contributed by atoms with Crippen LogP contribution in [0.25, 0.3) is 0 Å². The first-order valence-electron chi connectivity index (χ1n) is 10.1. The van der Waals surface area contributed by atoms with Crippen molar-refractivity contribution in [3.8, 4) is 0 Å². The fourth-order valence-corrected chi connectivity index (χ4v) is 7.32. The highest BCUT2D eigenvalue weighted by atomic mass is 16.4. The molecule has 0 saturated heterocycles. The van der Waals surface area contributed by atoms with Gasteiger partial charge in [-0.1, -0.05) is 19.4 Å². The maximum Gasteiger partial charge on any atom is 0.192 e. The molecule has 6 nitrogen and oxygen atoms in total. The van der Waals surface area contributed by atoms with Gasteiger partial charge in [-0.05, 0) is 61.3 Å². The molecule has 0 bridgehead atoms. The Labute approximate surface area is 159 Å². The van der Waals surface area contributed by atoms with Crippen LogP contribution in [-0.4, -0.2) is 56.4 Å². The van der Waals surface area contributed by atoms with E-state index in [-0.39, 0.29) is 35.4 Å². The van der Waals surface area contributed by atoms with Crippen molar-refractivity contribution in [2.45, 2.75) is 70.2 Å². The number of hydrogen-bond donors (Lipinski definition) is 4. The number of allylic oxidation sites excluding steroid dienone is 1. The Balaban J connectivity index is 1.77. The molecule has 0 aromatic heterocycles. The normalized spacial score (nSPS) is 51.9. The second kappa shape index (κ2) is 5.96. The lowest BCUT2D eigenvalue weighted by molar-refractivity contribution is -0.193. The summed E-state index contributed by atoms with van der Waals surface area (Å²) in [6, 6.07) is 0. The zero-order valence-corrected chi connectivity index (χ0v) is 16.0. The van der Waals surface area contributed by atoms with Crippen LogP contribution in [0.2, 0.25) is 0 Å². The van der Waals surface area contributed by atoms with Gasteiger partial charge in [0.1, 0.15) is 6.61 Å². The smallest absolute Gasteiger partial charge is 0.192 e. The van der Waals surface area contributed by atoms with Crippen LogP contribution in [-0.2, 0) is 9.59 Å². The number of aliphatic hydroxyl groups excluding tert-OH is 3. The van der Waals surface area contributed by atoms with Gasteiger partial charge in [-0.25, -0.2) is 0 Å². The van der Waals surface area contributed by atoms with Gasteiger partial charge in [-0.15, -0.1) is 0 Å². The van der Waals surface area contributed by atoms with Crippen LogP contribution in [0.3, 0.4) is 0 Å². The van der Waals surface area contributed by atoms with Gasteiger partial charge >= 0.3 is 0 Å². The molecule has 0 amide bonds. The van der Waals surface area contributed by atoms with E-state index in [1.54, 1.807) is 13.0 Å². The van der Waals surface area contributed by atoms with Crippen molar-refractivity contribution < 1.29 is 30.0 Å². The molecule has 4 aliphatic rings. The molecule has 8 atom stereocenters. The van der Waals surface area contributed by atoms with Crippen LogP contribution < -0.4 is 0 Å². The van der Waals surface area contributed by atoms with Crippen LogP contribution in [0.4, 0.5) is 0 Å². The minimum Gasteiger partial charge on any atom is -0.393 e. The van der Waals surface area contributed by atoms with Gasteiger partial charge in [0, 0.05) is 11.8 Å². The molecule has 0 aromatic rings. The van der Waals surface area contributed by atoms with E-state index >= 15 is 0 Å². The monoisotopic (exact) mass is 378 g/mol. The molecule has 4 N–H and O–H groups in total. The average Bonchev–Trinajstić information content (AvgIpc) is 2.82. The van der Waals surface area contributed by atoms with Crippen molar-refractivity contribution in [1.29, 1.82) is 0 Å². The molecule has 4 rings (SSSR count). The number of ketones is 2. The molecule has 3 fully saturated rings. The Kier molecular flexibility index (Phi) is 4.25. The predicted molar refractivity (Wildman–Crippen MR) is 96.5 cm³/mol. The van der Waals surface area contributed by atoms with E-state index in [4.69, 9.17) is 0 Å². The van der Waals surface area contributed by atoms with Gasteiger partial charge in [0.2, 0.25) is 0 Å². The summed E-state index contributed by atoms with van der Waals surface area (Å²) in [5.41, 5.74) is -2.15. The van der Waals surface area contributed by atoms with Crippen LogP contribution in [0.1, 0.15) is 52.4 Å². The van der Waals surface area contributed by atoms with Gasteiger partial charge in [0.25, 0.3) is 0 Å². The second-order valence-corrected chi connectivity index (χ2v) is 9.68. The molecule has 3 saturated carbocycles. The molecule has 27 heavy (non-hydrogen) atoms. The number of fused-ring (bicyclic) bond motifs is 5. The van der Waals surface area contributed by atoms with E-state index in [2.05, 4.69) is 6.92 Å². The molecule has 0 unspecified atom stereocenters. The first kappa shape index (κ1) is 19.2. The van der Waals surface area contributed by atoms with Gasteiger partial charge in [-0.3, -0.25) is 9.59 Å². The fraction of sp³-hybridized carbons (Fsp3) is 0.810. The van der Waals surface area contributed by atoms with Crippen molar-refractivity contribution in [2.24, 2.45) is 28.6 Å². The lowest BCUT2D eigenvalue weighted by Gasteiger charge is -2.60. The van der Waals surface area contributed by atoms with Gasteiger partial charge < -0.3 is 20.4 Å². The van der Waals surface area contributed by atoms with Crippen molar-refractivity contribution in [1.82, 2.24) is 0 Å². The molecule has 6 heteroatoms. The van der Waals surface area contributed by atoms with E-state index in [0.717, 1.165) is 18.4 Å². The van der Waals surface area contributed by atoms with E-state index in [1.165, 1.54) is 0 Å². The highest BCUT2D eigenvalue weighted by Crippen LogP contribution is 2.67.